The van der Waals surface area contributed by atoms with E-state index in [0.29, 0.717) is 0 Å². The minimum Gasteiger partial charge on any atom is -0.337 e. The number of fused-ring (bicyclic) bond motifs is 3. The molecule has 27 heavy (non-hydrogen) atoms. The SMILES string of the molecule is N#C[C@@H]1[C@H](c2ccccc2)N(c2ccccc2)[C@@H]2c3ccccc3C=CN12. The Morgan fingerprint density at radius 3 is 2.19 bits per heavy atom. The van der Waals surface area contributed by atoms with Gasteiger partial charge >= 0.3 is 0 Å². The van der Waals surface area contributed by atoms with E-state index in [1.807, 2.05) is 24.3 Å². The highest BCUT2D eigenvalue weighted by atomic mass is 15.5. The Balaban J connectivity index is 1.74. The van der Waals surface area contributed by atoms with Gasteiger partial charge < -0.3 is 9.80 Å². The van der Waals surface area contributed by atoms with Gasteiger partial charge in [0.2, 0.25) is 0 Å². The molecule has 0 radical (unpaired) electrons. The van der Waals surface area contributed by atoms with Crippen molar-refractivity contribution in [2.75, 3.05) is 4.90 Å². The molecular formula is C24H19N3. The predicted molar refractivity (Wildman–Crippen MR) is 108 cm³/mol. The summed E-state index contributed by atoms with van der Waals surface area (Å²) in [6, 6.07) is 31.5. The number of hydrogen-bond acceptors (Lipinski definition) is 3. The molecule has 0 aliphatic carbocycles. The third kappa shape index (κ3) is 2.42. The Morgan fingerprint density at radius 1 is 0.778 bits per heavy atom. The summed E-state index contributed by atoms with van der Waals surface area (Å²) in [4.78, 5) is 4.60. The van der Waals surface area contributed by atoms with E-state index >= 15 is 0 Å². The zero-order chi connectivity index (χ0) is 18.2. The summed E-state index contributed by atoms with van der Waals surface area (Å²) in [6.45, 7) is 0. The maximum atomic E-state index is 10.1. The van der Waals surface area contributed by atoms with Crippen molar-refractivity contribution in [2.45, 2.75) is 18.2 Å². The van der Waals surface area contributed by atoms with Crippen molar-refractivity contribution < 1.29 is 0 Å². The van der Waals surface area contributed by atoms with Crippen molar-refractivity contribution in [3.63, 3.8) is 0 Å². The van der Waals surface area contributed by atoms with Crippen LogP contribution in [0.2, 0.25) is 0 Å². The first kappa shape index (κ1) is 15.7. The highest BCUT2D eigenvalue weighted by Crippen LogP contribution is 2.50. The monoisotopic (exact) mass is 349 g/mol. The molecule has 0 unspecified atom stereocenters. The lowest BCUT2D eigenvalue weighted by Gasteiger charge is -2.36. The number of benzene rings is 3. The molecule has 2 heterocycles. The molecule has 3 aromatic carbocycles. The number of rotatable bonds is 2. The van der Waals surface area contributed by atoms with Gasteiger partial charge in [-0.3, -0.25) is 0 Å². The van der Waals surface area contributed by atoms with Gasteiger partial charge in [0.1, 0.15) is 12.2 Å². The molecule has 1 fully saturated rings. The normalized spacial score (nSPS) is 22.9. The van der Waals surface area contributed by atoms with Gasteiger partial charge in [-0.25, -0.2) is 0 Å². The van der Waals surface area contributed by atoms with Crippen molar-refractivity contribution in [1.82, 2.24) is 4.90 Å². The predicted octanol–water partition coefficient (Wildman–Crippen LogP) is 5.13. The lowest BCUT2D eigenvalue weighted by atomic mass is 9.99. The van der Waals surface area contributed by atoms with Crippen molar-refractivity contribution in [2.24, 2.45) is 0 Å². The molecule has 3 heteroatoms. The quantitative estimate of drug-likeness (QED) is 0.643. The van der Waals surface area contributed by atoms with E-state index in [-0.39, 0.29) is 18.2 Å². The van der Waals surface area contributed by atoms with Crippen LogP contribution in [0.4, 0.5) is 5.69 Å². The molecule has 3 atom stereocenters. The van der Waals surface area contributed by atoms with Crippen LogP contribution < -0.4 is 4.90 Å². The molecule has 3 nitrogen and oxygen atoms in total. The number of para-hydroxylation sites is 1. The van der Waals surface area contributed by atoms with E-state index in [2.05, 4.69) is 88.8 Å². The van der Waals surface area contributed by atoms with Crippen molar-refractivity contribution in [1.29, 1.82) is 5.26 Å². The first-order valence-corrected chi connectivity index (χ1v) is 9.21. The Bertz CT molecular complexity index is 1020. The summed E-state index contributed by atoms with van der Waals surface area (Å²) < 4.78 is 0. The van der Waals surface area contributed by atoms with Gasteiger partial charge in [0.05, 0.1) is 12.1 Å². The van der Waals surface area contributed by atoms with E-state index in [1.165, 1.54) is 11.1 Å². The molecule has 2 aliphatic rings. The van der Waals surface area contributed by atoms with E-state index in [4.69, 9.17) is 0 Å². The zero-order valence-corrected chi connectivity index (χ0v) is 14.8. The third-order valence-electron chi connectivity index (χ3n) is 5.49. The number of anilines is 1. The van der Waals surface area contributed by atoms with Crippen molar-refractivity contribution in [3.8, 4) is 6.07 Å². The number of nitrogens with zero attached hydrogens (tertiary/aromatic N) is 3. The fraction of sp³-hybridized carbons (Fsp3) is 0.125. The average molecular weight is 349 g/mol. The van der Waals surface area contributed by atoms with E-state index in [1.54, 1.807) is 0 Å². The largest absolute Gasteiger partial charge is 0.337 e. The number of nitriles is 1. The fourth-order valence-electron chi connectivity index (χ4n) is 4.34. The molecule has 0 amide bonds. The van der Waals surface area contributed by atoms with Gasteiger partial charge in [-0.05, 0) is 29.3 Å². The van der Waals surface area contributed by atoms with Gasteiger partial charge in [-0.15, -0.1) is 0 Å². The second-order valence-corrected chi connectivity index (χ2v) is 6.94. The third-order valence-corrected chi connectivity index (χ3v) is 5.49. The number of hydrogen-bond donors (Lipinski definition) is 0. The van der Waals surface area contributed by atoms with Gasteiger partial charge in [0, 0.05) is 17.5 Å². The molecular weight excluding hydrogens is 330 g/mol. The van der Waals surface area contributed by atoms with Gasteiger partial charge in [-0.2, -0.15) is 5.26 Å². The van der Waals surface area contributed by atoms with E-state index in [0.717, 1.165) is 11.3 Å². The lowest BCUT2D eigenvalue weighted by Crippen LogP contribution is -2.31. The molecule has 0 bridgehead atoms. The van der Waals surface area contributed by atoms with Crippen LogP contribution in [0.1, 0.15) is 28.9 Å². The van der Waals surface area contributed by atoms with Crippen LogP contribution in [0.3, 0.4) is 0 Å². The molecule has 130 valence electrons. The van der Waals surface area contributed by atoms with Gasteiger partial charge in [0.25, 0.3) is 0 Å². The topological polar surface area (TPSA) is 30.3 Å². The van der Waals surface area contributed by atoms with Crippen LogP contribution in [0, 0.1) is 11.3 Å². The molecule has 0 N–H and O–H groups in total. The second kappa shape index (κ2) is 6.34. The highest BCUT2D eigenvalue weighted by Gasteiger charge is 2.48. The maximum absolute atomic E-state index is 10.1. The van der Waals surface area contributed by atoms with Gasteiger partial charge in [0.15, 0.2) is 0 Å². The van der Waals surface area contributed by atoms with Crippen LogP contribution in [0.15, 0.2) is 91.1 Å². The molecule has 2 aliphatic heterocycles. The van der Waals surface area contributed by atoms with Crippen LogP contribution >= 0.6 is 0 Å². The minimum absolute atomic E-state index is 0.00320. The summed E-state index contributed by atoms with van der Waals surface area (Å²) in [5.41, 5.74) is 4.74. The first-order chi connectivity index (χ1) is 13.4. The molecule has 0 aromatic heterocycles. The fourth-order valence-corrected chi connectivity index (χ4v) is 4.34. The molecule has 5 rings (SSSR count). The van der Waals surface area contributed by atoms with E-state index in [9.17, 15) is 5.26 Å². The molecule has 0 saturated carbocycles. The van der Waals surface area contributed by atoms with Gasteiger partial charge in [-0.1, -0.05) is 72.8 Å². The Kier molecular flexibility index (Phi) is 3.69. The standard InChI is InChI=1S/C24H19N3/c25-17-22-23(19-10-3-1-4-11-19)27(20-12-5-2-6-13-20)24-21-14-8-7-9-18(21)15-16-26(22)24/h1-16,22-24H/t22-,23+,24-/m1/s1. The summed E-state index contributed by atoms with van der Waals surface area (Å²) in [5, 5.41) is 10.1. The van der Waals surface area contributed by atoms with Crippen LogP contribution in [-0.4, -0.2) is 10.9 Å². The first-order valence-electron chi connectivity index (χ1n) is 9.21. The van der Waals surface area contributed by atoms with Crippen LogP contribution in [-0.2, 0) is 0 Å². The average Bonchev–Trinajstić information content (AvgIpc) is 3.10. The Hall–Kier alpha value is -3.51. The van der Waals surface area contributed by atoms with E-state index < -0.39 is 0 Å². The second-order valence-electron chi connectivity index (χ2n) is 6.94. The maximum Gasteiger partial charge on any atom is 0.143 e. The summed E-state index contributed by atoms with van der Waals surface area (Å²) in [7, 11) is 0. The van der Waals surface area contributed by atoms with Crippen molar-refractivity contribution in [3.05, 3.63) is 108 Å². The van der Waals surface area contributed by atoms with Crippen molar-refractivity contribution >= 4 is 11.8 Å². The smallest absolute Gasteiger partial charge is 0.143 e. The molecule has 1 saturated heterocycles. The molecule has 0 spiro atoms. The summed E-state index contributed by atoms with van der Waals surface area (Å²) >= 11 is 0. The Labute approximate surface area is 159 Å². The Morgan fingerprint density at radius 2 is 1.44 bits per heavy atom. The zero-order valence-electron chi connectivity index (χ0n) is 14.8. The summed E-state index contributed by atoms with van der Waals surface area (Å²) in [6.07, 6.45) is 4.20. The summed E-state index contributed by atoms with van der Waals surface area (Å²) in [5.74, 6) is 0. The molecule has 3 aromatic rings. The van der Waals surface area contributed by atoms with Crippen LogP contribution in [0.25, 0.3) is 6.08 Å². The minimum atomic E-state index is -0.262. The van der Waals surface area contributed by atoms with Crippen LogP contribution in [0.5, 0.6) is 0 Å². The lowest BCUT2D eigenvalue weighted by molar-refractivity contribution is 0.313. The highest BCUT2D eigenvalue weighted by molar-refractivity contribution is 5.63.